The van der Waals surface area contributed by atoms with Gasteiger partial charge in [0.1, 0.15) is 0 Å². The van der Waals surface area contributed by atoms with Gasteiger partial charge < -0.3 is 29.4 Å². The lowest BCUT2D eigenvalue weighted by atomic mass is 9.94. The zero-order chi connectivity index (χ0) is 28.6. The van der Waals surface area contributed by atoms with Gasteiger partial charge in [-0.25, -0.2) is 0 Å². The minimum absolute atomic E-state index is 0.0337. The minimum Gasteiger partial charge on any atom is -0.493 e. The Hall–Kier alpha value is -3.39. The van der Waals surface area contributed by atoms with Crippen LogP contribution in [0.4, 0.5) is 0 Å². The molecule has 0 fully saturated rings. The first-order valence-electron chi connectivity index (χ1n) is 13.1. The Morgan fingerprint density at radius 1 is 0.950 bits per heavy atom. The summed E-state index contributed by atoms with van der Waals surface area (Å²) in [6.07, 6.45) is 3.80. The fourth-order valence-electron chi connectivity index (χ4n) is 4.93. The second-order valence-electron chi connectivity index (χ2n) is 9.62. The Kier molecular flexibility index (Phi) is 10.2. The second kappa shape index (κ2) is 13.8. The highest BCUT2D eigenvalue weighted by molar-refractivity contribution is 6.42. The van der Waals surface area contributed by atoms with E-state index in [1.165, 1.54) is 32.3 Å². The molecule has 0 spiro atoms. The SMILES string of the molecule is COc1cc(C(=O)N(C)CC(CCNCCc2c[nH]c3ccccc23)c2ccc(Cl)c(Cl)c2)cc(OC)c1OC. The number of aromatic amines is 1. The third-order valence-corrected chi connectivity index (χ3v) is 7.82. The molecule has 1 amide bonds. The monoisotopic (exact) mass is 583 g/mol. The Morgan fingerprint density at radius 2 is 1.68 bits per heavy atom. The lowest BCUT2D eigenvalue weighted by Crippen LogP contribution is -2.32. The van der Waals surface area contributed by atoms with Gasteiger partial charge in [-0.2, -0.15) is 0 Å². The lowest BCUT2D eigenvalue weighted by Gasteiger charge is -2.26. The number of para-hydroxylation sites is 1. The van der Waals surface area contributed by atoms with Crippen molar-refractivity contribution < 1.29 is 19.0 Å². The summed E-state index contributed by atoms with van der Waals surface area (Å²) in [5.74, 6) is 1.18. The number of fused-ring (bicyclic) bond motifs is 1. The number of hydrogen-bond acceptors (Lipinski definition) is 5. The number of methoxy groups -OCH3 is 3. The fraction of sp³-hybridized carbons (Fsp3) is 0.323. The van der Waals surface area contributed by atoms with Gasteiger partial charge in [-0.05, 0) is 67.4 Å². The quantitative estimate of drug-likeness (QED) is 0.174. The Balaban J connectivity index is 1.44. The molecule has 4 rings (SSSR count). The van der Waals surface area contributed by atoms with Crippen molar-refractivity contribution in [1.29, 1.82) is 0 Å². The molecule has 0 aliphatic rings. The molecule has 0 saturated carbocycles. The molecule has 3 aromatic carbocycles. The van der Waals surface area contributed by atoms with Crippen molar-refractivity contribution in [3.05, 3.63) is 87.5 Å². The van der Waals surface area contributed by atoms with E-state index in [9.17, 15) is 4.79 Å². The summed E-state index contributed by atoms with van der Waals surface area (Å²) in [5.41, 5.74) is 3.91. The molecule has 40 heavy (non-hydrogen) atoms. The lowest BCUT2D eigenvalue weighted by molar-refractivity contribution is 0.0784. The summed E-state index contributed by atoms with van der Waals surface area (Å²) in [6.45, 7) is 2.10. The van der Waals surface area contributed by atoms with Gasteiger partial charge in [0.05, 0.1) is 31.4 Å². The predicted octanol–water partition coefficient (Wildman–Crippen LogP) is 6.58. The van der Waals surface area contributed by atoms with Crippen LogP contribution in [0.25, 0.3) is 10.9 Å². The van der Waals surface area contributed by atoms with Gasteiger partial charge in [0.15, 0.2) is 11.5 Å². The van der Waals surface area contributed by atoms with E-state index >= 15 is 0 Å². The molecular formula is C31H35Cl2N3O4. The van der Waals surface area contributed by atoms with Crippen LogP contribution in [0.1, 0.15) is 33.8 Å². The van der Waals surface area contributed by atoms with Crippen molar-refractivity contribution in [2.45, 2.75) is 18.8 Å². The maximum Gasteiger partial charge on any atom is 0.253 e. The van der Waals surface area contributed by atoms with Gasteiger partial charge in [0.25, 0.3) is 5.91 Å². The van der Waals surface area contributed by atoms with Crippen molar-refractivity contribution in [1.82, 2.24) is 15.2 Å². The number of amides is 1. The number of hydrogen-bond donors (Lipinski definition) is 2. The molecule has 0 radical (unpaired) electrons. The molecule has 1 unspecified atom stereocenters. The summed E-state index contributed by atoms with van der Waals surface area (Å²) in [6, 6.07) is 17.3. The number of H-pyrrole nitrogens is 1. The van der Waals surface area contributed by atoms with E-state index in [2.05, 4.69) is 34.7 Å². The number of carbonyl (C=O) groups excluding carboxylic acids is 1. The highest BCUT2D eigenvalue weighted by Crippen LogP contribution is 2.38. The van der Waals surface area contributed by atoms with Crippen LogP contribution in [0.15, 0.2) is 60.8 Å². The van der Waals surface area contributed by atoms with Gasteiger partial charge >= 0.3 is 0 Å². The van der Waals surface area contributed by atoms with Crippen LogP contribution in [0.3, 0.4) is 0 Å². The summed E-state index contributed by atoms with van der Waals surface area (Å²) >= 11 is 12.6. The van der Waals surface area contributed by atoms with Gasteiger partial charge in [-0.3, -0.25) is 4.79 Å². The topological polar surface area (TPSA) is 75.8 Å². The number of rotatable bonds is 13. The van der Waals surface area contributed by atoms with Crippen molar-refractivity contribution in [2.24, 2.45) is 0 Å². The fourth-order valence-corrected chi connectivity index (χ4v) is 5.24. The van der Waals surface area contributed by atoms with Crippen LogP contribution in [0, 0.1) is 0 Å². The normalized spacial score (nSPS) is 11.8. The van der Waals surface area contributed by atoms with Crippen molar-refractivity contribution in [3.63, 3.8) is 0 Å². The van der Waals surface area contributed by atoms with Crippen LogP contribution in [-0.2, 0) is 6.42 Å². The van der Waals surface area contributed by atoms with Gasteiger partial charge in [0.2, 0.25) is 5.75 Å². The van der Waals surface area contributed by atoms with E-state index in [-0.39, 0.29) is 11.8 Å². The molecule has 0 aliphatic heterocycles. The number of benzene rings is 3. The molecule has 0 saturated heterocycles. The van der Waals surface area contributed by atoms with Crippen molar-refractivity contribution >= 4 is 40.0 Å². The number of ether oxygens (including phenoxy) is 3. The summed E-state index contributed by atoms with van der Waals surface area (Å²) in [7, 11) is 6.38. The van der Waals surface area contributed by atoms with Crippen molar-refractivity contribution in [3.8, 4) is 17.2 Å². The molecule has 0 aliphatic carbocycles. The first kappa shape index (κ1) is 29.6. The van der Waals surface area contributed by atoms with E-state index in [0.717, 1.165) is 37.0 Å². The highest BCUT2D eigenvalue weighted by Gasteiger charge is 2.23. The molecule has 212 valence electrons. The van der Waals surface area contributed by atoms with E-state index in [0.29, 0.717) is 39.4 Å². The van der Waals surface area contributed by atoms with Gasteiger partial charge in [-0.15, -0.1) is 0 Å². The molecule has 1 atom stereocenters. The predicted molar refractivity (Wildman–Crippen MR) is 162 cm³/mol. The molecule has 7 nitrogen and oxygen atoms in total. The first-order chi connectivity index (χ1) is 19.4. The standard InChI is InChI=1S/C31H35Cl2N3O4/c1-36(31(37)23-16-28(38-2)30(40-4)29(17-23)39-3)19-22(20-9-10-25(32)26(33)15-20)12-14-34-13-11-21-18-35-27-8-6-5-7-24(21)27/h5-10,15-18,22,34-35H,11-14,19H2,1-4H3. The zero-order valence-electron chi connectivity index (χ0n) is 23.2. The summed E-state index contributed by atoms with van der Waals surface area (Å²) in [5, 5.41) is 5.82. The largest absolute Gasteiger partial charge is 0.493 e. The number of halogens is 2. The smallest absolute Gasteiger partial charge is 0.253 e. The summed E-state index contributed by atoms with van der Waals surface area (Å²) < 4.78 is 16.3. The Morgan fingerprint density at radius 3 is 2.35 bits per heavy atom. The molecule has 2 N–H and O–H groups in total. The molecule has 9 heteroatoms. The second-order valence-corrected chi connectivity index (χ2v) is 10.4. The van der Waals surface area contributed by atoms with E-state index in [1.54, 1.807) is 30.1 Å². The number of nitrogens with one attached hydrogen (secondary N) is 2. The van der Waals surface area contributed by atoms with Crippen LogP contribution in [-0.4, -0.2) is 63.8 Å². The Labute approximate surface area is 245 Å². The van der Waals surface area contributed by atoms with Crippen LogP contribution in [0.5, 0.6) is 17.2 Å². The summed E-state index contributed by atoms with van der Waals surface area (Å²) in [4.78, 5) is 18.5. The third-order valence-electron chi connectivity index (χ3n) is 7.08. The van der Waals surface area contributed by atoms with Crippen LogP contribution >= 0.6 is 23.2 Å². The number of aromatic nitrogens is 1. The van der Waals surface area contributed by atoms with E-state index in [4.69, 9.17) is 37.4 Å². The minimum atomic E-state index is -0.156. The van der Waals surface area contributed by atoms with Gasteiger partial charge in [-0.1, -0.05) is 47.5 Å². The number of likely N-dealkylation sites (N-methyl/N-ethyl adjacent to an activating group) is 1. The average Bonchev–Trinajstić information content (AvgIpc) is 3.39. The maximum atomic E-state index is 13.5. The molecule has 0 bridgehead atoms. The maximum absolute atomic E-state index is 13.5. The van der Waals surface area contributed by atoms with Crippen LogP contribution in [0.2, 0.25) is 10.0 Å². The molecule has 4 aromatic rings. The Bertz CT molecular complexity index is 1430. The molecule has 1 heterocycles. The van der Waals surface area contributed by atoms with Crippen LogP contribution < -0.4 is 19.5 Å². The van der Waals surface area contributed by atoms with Gasteiger partial charge in [0, 0.05) is 42.2 Å². The number of carbonyl (C=O) groups is 1. The number of nitrogens with zero attached hydrogens (tertiary/aromatic N) is 1. The molecular weight excluding hydrogens is 549 g/mol. The van der Waals surface area contributed by atoms with E-state index in [1.807, 2.05) is 18.2 Å². The molecule has 1 aromatic heterocycles. The zero-order valence-corrected chi connectivity index (χ0v) is 24.7. The third kappa shape index (κ3) is 6.84. The average molecular weight is 585 g/mol. The van der Waals surface area contributed by atoms with Crippen molar-refractivity contribution in [2.75, 3.05) is 48.0 Å². The first-order valence-corrected chi connectivity index (χ1v) is 13.9. The highest BCUT2D eigenvalue weighted by atomic mass is 35.5. The van der Waals surface area contributed by atoms with E-state index < -0.39 is 0 Å².